The summed E-state index contributed by atoms with van der Waals surface area (Å²) in [6, 6.07) is 2.72. The number of hydrogen-bond donors (Lipinski definition) is 3. The predicted molar refractivity (Wildman–Crippen MR) is 71.3 cm³/mol. The molecule has 20 heavy (non-hydrogen) atoms. The van der Waals surface area contributed by atoms with Crippen molar-refractivity contribution in [3.63, 3.8) is 0 Å². The van der Waals surface area contributed by atoms with Crippen LogP contribution < -0.4 is 10.6 Å². The molecule has 0 aliphatic carbocycles. The van der Waals surface area contributed by atoms with E-state index in [1.165, 1.54) is 4.90 Å². The smallest absolute Gasteiger partial charge is 0.316 e. The second kappa shape index (κ2) is 7.76. The third-order valence-corrected chi connectivity index (χ3v) is 2.64. The van der Waals surface area contributed by atoms with E-state index in [-0.39, 0.29) is 18.1 Å². The molecule has 0 saturated carbocycles. The van der Waals surface area contributed by atoms with Crippen LogP contribution in [0.5, 0.6) is 0 Å². The van der Waals surface area contributed by atoms with Crippen molar-refractivity contribution in [3.05, 3.63) is 35.4 Å². The Labute approximate surface area is 116 Å². The highest BCUT2D eigenvalue weighted by molar-refractivity contribution is 5.73. The van der Waals surface area contributed by atoms with Crippen molar-refractivity contribution in [2.75, 3.05) is 33.7 Å². The molecule has 5 nitrogen and oxygen atoms in total. The number of carbonyl (C=O) groups excluding carboxylic acids is 1. The highest BCUT2D eigenvalue weighted by atomic mass is 19.1. The van der Waals surface area contributed by atoms with Crippen LogP contribution in [-0.4, -0.2) is 49.8 Å². The van der Waals surface area contributed by atoms with Gasteiger partial charge in [0.15, 0.2) is 0 Å². The average Bonchev–Trinajstić information content (AvgIpc) is 2.40. The zero-order chi connectivity index (χ0) is 15.1. The number of amides is 2. The zero-order valence-corrected chi connectivity index (χ0v) is 11.5. The van der Waals surface area contributed by atoms with Gasteiger partial charge >= 0.3 is 6.03 Å². The van der Waals surface area contributed by atoms with E-state index in [0.29, 0.717) is 13.1 Å². The van der Waals surface area contributed by atoms with Gasteiger partial charge in [0.1, 0.15) is 11.6 Å². The Hall–Kier alpha value is -1.73. The van der Waals surface area contributed by atoms with Gasteiger partial charge in [-0.05, 0) is 18.2 Å². The number of aliphatic hydroxyl groups excluding tert-OH is 1. The largest absolute Gasteiger partial charge is 0.387 e. The summed E-state index contributed by atoms with van der Waals surface area (Å²) < 4.78 is 26.3. The molecule has 3 N–H and O–H groups in total. The predicted octanol–water partition coefficient (Wildman–Crippen LogP) is 0.859. The van der Waals surface area contributed by atoms with Gasteiger partial charge in [0.2, 0.25) is 0 Å². The molecule has 2 amide bonds. The van der Waals surface area contributed by atoms with Gasteiger partial charge in [0.05, 0.1) is 6.10 Å². The Balaban J connectivity index is 2.31. The summed E-state index contributed by atoms with van der Waals surface area (Å²) >= 11 is 0. The Morgan fingerprint density at radius 1 is 1.35 bits per heavy atom. The minimum Gasteiger partial charge on any atom is -0.387 e. The number of urea groups is 1. The topological polar surface area (TPSA) is 64.6 Å². The van der Waals surface area contributed by atoms with Crippen molar-refractivity contribution >= 4 is 6.03 Å². The van der Waals surface area contributed by atoms with Gasteiger partial charge in [0, 0.05) is 39.3 Å². The van der Waals surface area contributed by atoms with Gasteiger partial charge < -0.3 is 20.6 Å². The van der Waals surface area contributed by atoms with Crippen LogP contribution in [0.4, 0.5) is 13.6 Å². The molecule has 0 saturated heterocycles. The zero-order valence-electron chi connectivity index (χ0n) is 11.5. The fourth-order valence-corrected chi connectivity index (χ4v) is 1.53. The van der Waals surface area contributed by atoms with Crippen molar-refractivity contribution in [1.29, 1.82) is 0 Å². The highest BCUT2D eigenvalue weighted by Gasteiger charge is 2.13. The van der Waals surface area contributed by atoms with Crippen LogP contribution in [0.1, 0.15) is 11.7 Å². The van der Waals surface area contributed by atoms with Crippen molar-refractivity contribution in [2.24, 2.45) is 0 Å². The first-order chi connectivity index (χ1) is 9.41. The summed E-state index contributed by atoms with van der Waals surface area (Å²) in [6.07, 6.45) is -1.14. The number of nitrogens with zero attached hydrogens (tertiary/aromatic N) is 1. The first-order valence-electron chi connectivity index (χ1n) is 6.20. The summed E-state index contributed by atoms with van der Waals surface area (Å²) in [7, 11) is 3.25. The molecule has 1 aromatic rings. The van der Waals surface area contributed by atoms with Crippen molar-refractivity contribution in [1.82, 2.24) is 15.5 Å². The molecule has 0 aliphatic rings. The van der Waals surface area contributed by atoms with Gasteiger partial charge in [-0.25, -0.2) is 13.6 Å². The molecule has 1 unspecified atom stereocenters. The quantitative estimate of drug-likeness (QED) is 0.680. The Morgan fingerprint density at radius 3 is 2.70 bits per heavy atom. The Bertz CT molecular complexity index is 455. The summed E-state index contributed by atoms with van der Waals surface area (Å²) in [5.41, 5.74) is -0.0881. The monoisotopic (exact) mass is 287 g/mol. The second-order valence-electron chi connectivity index (χ2n) is 4.51. The lowest BCUT2D eigenvalue weighted by atomic mass is 10.1. The number of carbonyl (C=O) groups is 1. The van der Waals surface area contributed by atoms with Gasteiger partial charge in [-0.1, -0.05) is 0 Å². The molecule has 1 rings (SSSR count). The molecule has 0 aromatic heterocycles. The average molecular weight is 287 g/mol. The number of halogens is 2. The molecule has 0 aliphatic heterocycles. The standard InChI is InChI=1S/C13H19F2N3O2/c1-18(2)13(20)17-6-5-16-8-12(19)10-7-9(14)3-4-11(10)15/h3-4,7,12,16,19H,5-6,8H2,1-2H3,(H,17,20). The normalized spacial score (nSPS) is 12.1. The van der Waals surface area contributed by atoms with Crippen LogP contribution in [0.3, 0.4) is 0 Å². The van der Waals surface area contributed by atoms with E-state index in [0.717, 1.165) is 18.2 Å². The van der Waals surface area contributed by atoms with E-state index in [9.17, 15) is 18.7 Å². The van der Waals surface area contributed by atoms with Gasteiger partial charge in [0.25, 0.3) is 0 Å². The molecule has 1 atom stereocenters. The summed E-state index contributed by atoms with van der Waals surface area (Å²) in [5.74, 6) is -1.25. The van der Waals surface area contributed by atoms with E-state index in [2.05, 4.69) is 10.6 Å². The van der Waals surface area contributed by atoms with Crippen LogP contribution in [-0.2, 0) is 0 Å². The molecule has 1 aromatic carbocycles. The van der Waals surface area contributed by atoms with Crippen molar-refractivity contribution < 1.29 is 18.7 Å². The fourth-order valence-electron chi connectivity index (χ4n) is 1.53. The molecule has 7 heteroatoms. The summed E-state index contributed by atoms with van der Waals surface area (Å²) in [5, 5.41) is 15.2. The molecule has 0 bridgehead atoms. The van der Waals surface area contributed by atoms with Crippen LogP contribution in [0.25, 0.3) is 0 Å². The lowest BCUT2D eigenvalue weighted by Gasteiger charge is -2.14. The first kappa shape index (κ1) is 16.3. The van der Waals surface area contributed by atoms with Crippen molar-refractivity contribution in [3.8, 4) is 0 Å². The van der Waals surface area contributed by atoms with Crippen molar-refractivity contribution in [2.45, 2.75) is 6.10 Å². The molecule has 0 heterocycles. The molecule has 112 valence electrons. The number of benzene rings is 1. The van der Waals surface area contributed by atoms with Gasteiger partial charge in [-0.15, -0.1) is 0 Å². The second-order valence-corrected chi connectivity index (χ2v) is 4.51. The number of rotatable bonds is 6. The SMILES string of the molecule is CN(C)C(=O)NCCNCC(O)c1cc(F)ccc1F. The Morgan fingerprint density at radius 2 is 2.05 bits per heavy atom. The van der Waals surface area contributed by atoms with E-state index in [1.54, 1.807) is 14.1 Å². The lowest BCUT2D eigenvalue weighted by molar-refractivity contribution is 0.169. The lowest BCUT2D eigenvalue weighted by Crippen LogP contribution is -2.39. The minimum atomic E-state index is -1.14. The maximum absolute atomic E-state index is 13.4. The van der Waals surface area contributed by atoms with Crippen LogP contribution >= 0.6 is 0 Å². The van der Waals surface area contributed by atoms with Crippen LogP contribution in [0, 0.1) is 11.6 Å². The van der Waals surface area contributed by atoms with E-state index < -0.39 is 17.7 Å². The van der Waals surface area contributed by atoms with Gasteiger partial charge in [-0.3, -0.25) is 0 Å². The van der Waals surface area contributed by atoms with E-state index in [4.69, 9.17) is 0 Å². The summed E-state index contributed by atoms with van der Waals surface area (Å²) in [4.78, 5) is 12.6. The minimum absolute atomic E-state index is 0.0677. The summed E-state index contributed by atoms with van der Waals surface area (Å²) in [6.45, 7) is 0.848. The highest BCUT2D eigenvalue weighted by Crippen LogP contribution is 2.17. The molecular weight excluding hydrogens is 268 g/mol. The van der Waals surface area contributed by atoms with Crippen LogP contribution in [0.2, 0.25) is 0 Å². The Kier molecular flexibility index (Phi) is 6.33. The molecule has 0 radical (unpaired) electrons. The molecular formula is C13H19F2N3O2. The maximum Gasteiger partial charge on any atom is 0.316 e. The first-order valence-corrected chi connectivity index (χ1v) is 6.20. The molecule has 0 spiro atoms. The number of aliphatic hydroxyl groups is 1. The molecule has 0 fully saturated rings. The third kappa shape index (κ3) is 5.10. The third-order valence-electron chi connectivity index (χ3n) is 2.64. The maximum atomic E-state index is 13.4. The van der Waals surface area contributed by atoms with E-state index >= 15 is 0 Å². The number of nitrogens with one attached hydrogen (secondary N) is 2. The van der Waals surface area contributed by atoms with Crippen LogP contribution in [0.15, 0.2) is 18.2 Å². The number of hydrogen-bond acceptors (Lipinski definition) is 3. The van der Waals surface area contributed by atoms with E-state index in [1.807, 2.05) is 0 Å². The fraction of sp³-hybridized carbons (Fsp3) is 0.462. The van der Waals surface area contributed by atoms with Gasteiger partial charge in [-0.2, -0.15) is 0 Å².